The molecule has 0 atom stereocenters. The molecule has 1 aliphatic heterocycles. The smallest absolute Gasteiger partial charge is 0.251 e. The minimum atomic E-state index is -0.403. The molecule has 0 fully saturated rings. The molecule has 5 N–H and O–H groups in total. The molecule has 0 spiro atoms. The largest absolute Gasteiger partial charge is 0.497 e. The van der Waals surface area contributed by atoms with Crippen molar-refractivity contribution in [2.45, 2.75) is 12.8 Å². The van der Waals surface area contributed by atoms with Crippen LogP contribution in [0, 0.1) is 0 Å². The number of allylic oxidation sites excluding steroid dienone is 3. The highest BCUT2D eigenvalue weighted by Gasteiger charge is 2.26. The summed E-state index contributed by atoms with van der Waals surface area (Å²) in [5, 5.41) is 2.57. The molecule has 2 rings (SSSR count). The summed E-state index contributed by atoms with van der Waals surface area (Å²) < 4.78 is 5.17. The second kappa shape index (κ2) is 10.9. The molecule has 1 aliphatic rings. The molecule has 1 heterocycles. The Morgan fingerprint density at radius 3 is 2.65 bits per heavy atom. The normalized spacial score (nSPS) is 14.9. The summed E-state index contributed by atoms with van der Waals surface area (Å²) in [6.45, 7) is 0.403. The third-order valence-corrected chi connectivity index (χ3v) is 4.74. The van der Waals surface area contributed by atoms with Crippen molar-refractivity contribution in [1.82, 2.24) is 15.1 Å². The fraction of sp³-hybridized carbons (Fsp3) is 0.318. The Morgan fingerprint density at radius 1 is 1.26 bits per heavy atom. The predicted octanol–water partition coefficient (Wildman–Crippen LogP) is 0.548. The number of methoxy groups -OCH3 is 1. The number of hydrogen-bond donors (Lipinski definition) is 3. The Hall–Kier alpha value is -3.75. The second-order valence-electron chi connectivity index (χ2n) is 7.23. The lowest BCUT2D eigenvalue weighted by Crippen LogP contribution is -2.42. The van der Waals surface area contributed by atoms with Crippen LogP contribution < -0.4 is 21.5 Å². The van der Waals surface area contributed by atoms with E-state index in [1.807, 2.05) is 12.1 Å². The van der Waals surface area contributed by atoms with Gasteiger partial charge >= 0.3 is 0 Å². The molecular weight excluding hydrogens is 398 g/mol. The van der Waals surface area contributed by atoms with Gasteiger partial charge in [0.15, 0.2) is 6.29 Å². The molecule has 1 aromatic carbocycles. The van der Waals surface area contributed by atoms with Crippen LogP contribution in [0.15, 0.2) is 53.5 Å². The maximum atomic E-state index is 12.4. The Bertz CT molecular complexity index is 934. The number of nitrogens with one attached hydrogen (secondary N) is 1. The zero-order valence-electron chi connectivity index (χ0n) is 18.1. The molecule has 0 bridgehead atoms. The van der Waals surface area contributed by atoms with Crippen LogP contribution in [0.2, 0.25) is 0 Å². The molecule has 0 aliphatic carbocycles. The number of amides is 2. The lowest BCUT2D eigenvalue weighted by molar-refractivity contribution is -0.126. The van der Waals surface area contributed by atoms with Gasteiger partial charge < -0.3 is 31.3 Å². The second-order valence-corrected chi connectivity index (χ2v) is 7.23. The summed E-state index contributed by atoms with van der Waals surface area (Å²) in [6, 6.07) is 7.23. The topological polar surface area (TPSA) is 131 Å². The van der Waals surface area contributed by atoms with Crippen molar-refractivity contribution in [2.75, 3.05) is 34.3 Å². The van der Waals surface area contributed by atoms with Gasteiger partial charge in [0.05, 0.1) is 19.4 Å². The van der Waals surface area contributed by atoms with Gasteiger partial charge in [0, 0.05) is 37.5 Å². The number of carbonyl (C=O) groups excluding carboxylic acids is 3. The van der Waals surface area contributed by atoms with E-state index in [0.29, 0.717) is 42.7 Å². The van der Waals surface area contributed by atoms with Crippen molar-refractivity contribution in [1.29, 1.82) is 0 Å². The van der Waals surface area contributed by atoms with Crippen molar-refractivity contribution < 1.29 is 19.1 Å². The lowest BCUT2D eigenvalue weighted by atomic mass is 10.0. The van der Waals surface area contributed by atoms with Crippen molar-refractivity contribution in [3.05, 3.63) is 59.1 Å². The summed E-state index contributed by atoms with van der Waals surface area (Å²) in [7, 11) is 4.82. The quantitative estimate of drug-likeness (QED) is 0.408. The van der Waals surface area contributed by atoms with E-state index in [1.54, 1.807) is 44.3 Å². The number of ether oxygens (including phenoxy) is 1. The molecule has 0 radical (unpaired) electrons. The Labute approximate surface area is 182 Å². The third-order valence-electron chi connectivity index (χ3n) is 4.74. The zero-order chi connectivity index (χ0) is 23.0. The van der Waals surface area contributed by atoms with Gasteiger partial charge in [-0.25, -0.2) is 0 Å². The number of benzene rings is 1. The highest BCUT2D eigenvalue weighted by atomic mass is 16.5. The Balaban J connectivity index is 2.06. The molecule has 9 heteroatoms. The van der Waals surface area contributed by atoms with Crippen LogP contribution in [-0.2, 0) is 14.4 Å². The van der Waals surface area contributed by atoms with Crippen molar-refractivity contribution in [2.24, 2.45) is 11.5 Å². The van der Waals surface area contributed by atoms with Crippen LogP contribution >= 0.6 is 0 Å². The van der Waals surface area contributed by atoms with Gasteiger partial charge in [-0.05, 0) is 37.1 Å². The summed E-state index contributed by atoms with van der Waals surface area (Å²) in [6.07, 6.45) is 4.86. The number of hydrogen-bond acceptors (Lipinski definition) is 7. The highest BCUT2D eigenvalue weighted by molar-refractivity contribution is 5.99. The summed E-state index contributed by atoms with van der Waals surface area (Å²) in [5.41, 5.74) is 13.8. The van der Waals surface area contributed by atoms with Crippen LogP contribution in [0.3, 0.4) is 0 Å². The zero-order valence-corrected chi connectivity index (χ0v) is 18.1. The van der Waals surface area contributed by atoms with Crippen LogP contribution in [0.1, 0.15) is 18.4 Å². The van der Waals surface area contributed by atoms with E-state index in [1.165, 1.54) is 11.0 Å². The fourth-order valence-electron chi connectivity index (χ4n) is 3.18. The summed E-state index contributed by atoms with van der Waals surface area (Å²) >= 11 is 0. The van der Waals surface area contributed by atoms with E-state index in [0.717, 1.165) is 5.56 Å². The molecule has 0 saturated heterocycles. The molecular formula is C22H29N5O4. The van der Waals surface area contributed by atoms with Gasteiger partial charge in [-0.2, -0.15) is 0 Å². The number of carbonyl (C=O) groups is 3. The molecule has 166 valence electrons. The number of rotatable bonds is 8. The highest BCUT2D eigenvalue weighted by Crippen LogP contribution is 2.22. The van der Waals surface area contributed by atoms with Gasteiger partial charge in [0.1, 0.15) is 11.6 Å². The SMILES string of the molecule is COc1cccc(/C(N)=C/C=C(\N)NC(=O)CN2CCCC(C(=O)N(C)C)=C2C=O)c1. The van der Waals surface area contributed by atoms with Gasteiger partial charge in [-0.3, -0.25) is 14.4 Å². The first-order valence-corrected chi connectivity index (χ1v) is 9.79. The van der Waals surface area contributed by atoms with Crippen LogP contribution in [0.5, 0.6) is 5.75 Å². The number of likely N-dealkylation sites (N-methyl/N-ethyl adjacent to an activating group) is 1. The monoisotopic (exact) mass is 427 g/mol. The van der Waals surface area contributed by atoms with E-state index in [4.69, 9.17) is 16.2 Å². The summed E-state index contributed by atoms with van der Waals surface area (Å²) in [5.74, 6) is 0.144. The van der Waals surface area contributed by atoms with Crippen molar-refractivity contribution >= 4 is 23.8 Å². The average molecular weight is 428 g/mol. The number of nitrogens with zero attached hydrogens (tertiary/aromatic N) is 2. The van der Waals surface area contributed by atoms with Gasteiger partial charge in [-0.15, -0.1) is 0 Å². The molecule has 0 saturated carbocycles. The first-order valence-electron chi connectivity index (χ1n) is 9.79. The van der Waals surface area contributed by atoms with E-state index in [9.17, 15) is 14.4 Å². The standard InChI is InChI=1S/C22H29N5O4/c1-26(2)22(30)17-8-5-11-27(19(17)14-28)13-21(29)25-20(24)10-9-18(23)15-6-4-7-16(12-15)31-3/h4,6-7,9-10,12,14H,5,8,11,13,23-24H2,1-3H3,(H,25,29)/b18-9-,20-10+. The van der Waals surface area contributed by atoms with E-state index in [2.05, 4.69) is 5.32 Å². The van der Waals surface area contributed by atoms with Crippen LogP contribution in [0.4, 0.5) is 0 Å². The van der Waals surface area contributed by atoms with E-state index < -0.39 is 5.91 Å². The molecule has 2 amide bonds. The molecule has 0 aromatic heterocycles. The van der Waals surface area contributed by atoms with E-state index in [-0.39, 0.29) is 24.0 Å². The fourth-order valence-corrected chi connectivity index (χ4v) is 3.18. The van der Waals surface area contributed by atoms with Crippen LogP contribution in [0.25, 0.3) is 5.70 Å². The van der Waals surface area contributed by atoms with E-state index >= 15 is 0 Å². The predicted molar refractivity (Wildman–Crippen MR) is 118 cm³/mol. The average Bonchev–Trinajstić information content (AvgIpc) is 2.76. The maximum Gasteiger partial charge on any atom is 0.251 e. The molecule has 1 aromatic rings. The molecule has 0 unspecified atom stereocenters. The van der Waals surface area contributed by atoms with Gasteiger partial charge in [0.25, 0.3) is 5.91 Å². The van der Waals surface area contributed by atoms with Crippen LogP contribution in [-0.4, -0.2) is 62.2 Å². The van der Waals surface area contributed by atoms with Crippen molar-refractivity contribution in [3.8, 4) is 5.75 Å². The third kappa shape index (κ3) is 6.36. The first-order chi connectivity index (χ1) is 14.8. The minimum Gasteiger partial charge on any atom is -0.497 e. The van der Waals surface area contributed by atoms with Gasteiger partial charge in [0.2, 0.25) is 5.91 Å². The Kier molecular flexibility index (Phi) is 8.25. The number of nitrogens with two attached hydrogens (primary N) is 2. The molecule has 9 nitrogen and oxygen atoms in total. The molecule has 31 heavy (non-hydrogen) atoms. The summed E-state index contributed by atoms with van der Waals surface area (Å²) in [4.78, 5) is 39.3. The minimum absolute atomic E-state index is 0.0953. The van der Waals surface area contributed by atoms with Gasteiger partial charge in [-0.1, -0.05) is 12.1 Å². The first kappa shape index (κ1) is 23.5. The lowest BCUT2D eigenvalue weighted by Gasteiger charge is -2.31. The van der Waals surface area contributed by atoms with Crippen molar-refractivity contribution in [3.63, 3.8) is 0 Å². The number of aldehydes is 1. The Morgan fingerprint density at radius 2 is 2.00 bits per heavy atom. The maximum absolute atomic E-state index is 12.4.